The number of carbonyl (C=O) groups is 2. The lowest BCUT2D eigenvalue weighted by molar-refractivity contribution is -0.122. The molecule has 2 N–H and O–H groups in total. The normalized spacial score (nSPS) is 16.1. The summed E-state index contributed by atoms with van der Waals surface area (Å²) in [7, 11) is 0. The molecule has 134 valence electrons. The number of benzene rings is 2. The monoisotopic (exact) mass is 348 g/mol. The van der Waals surface area contributed by atoms with E-state index in [9.17, 15) is 9.59 Å². The smallest absolute Gasteiger partial charge is 0.244 e. The van der Waals surface area contributed by atoms with Crippen LogP contribution in [0.3, 0.4) is 0 Å². The highest BCUT2D eigenvalue weighted by molar-refractivity contribution is 5.92. The van der Waals surface area contributed by atoms with E-state index in [0.717, 1.165) is 24.8 Å². The second kappa shape index (κ2) is 8.99. The summed E-state index contributed by atoms with van der Waals surface area (Å²) in [6.45, 7) is 0.332. The number of aryl methyl sites for hydroxylation is 1. The molecule has 0 aromatic heterocycles. The average molecular weight is 348 g/mol. The van der Waals surface area contributed by atoms with Crippen LogP contribution in [-0.4, -0.2) is 18.4 Å². The van der Waals surface area contributed by atoms with Gasteiger partial charge in [-0.05, 0) is 42.0 Å². The summed E-state index contributed by atoms with van der Waals surface area (Å²) in [5.74, 6) is -0.219. The molecular formula is C22H24N2O2. The molecule has 1 aliphatic carbocycles. The van der Waals surface area contributed by atoms with E-state index in [1.807, 2.05) is 42.5 Å². The standard InChI is InChI=1S/C22H24N2O2/c25-21(14-13-17-7-2-1-3-8-17)23-16-15-22(26)24-20-12-6-10-18-9-4-5-11-19(18)20/h1-5,7-9,11,13-14,20H,6,10,12,15-16H2,(H,23,25)(H,24,26)/b14-13+/t20-/m0/s1. The van der Waals surface area contributed by atoms with Gasteiger partial charge >= 0.3 is 0 Å². The SMILES string of the molecule is O=C(/C=C/c1ccccc1)NCCC(=O)N[C@H]1CCCc2ccccc21. The fraction of sp³-hybridized carbons (Fsp3) is 0.273. The van der Waals surface area contributed by atoms with Crippen molar-refractivity contribution in [1.29, 1.82) is 0 Å². The van der Waals surface area contributed by atoms with E-state index in [0.29, 0.717) is 6.54 Å². The summed E-state index contributed by atoms with van der Waals surface area (Å²) in [6, 6.07) is 18.0. The van der Waals surface area contributed by atoms with Gasteiger partial charge in [0.25, 0.3) is 0 Å². The molecule has 2 aromatic carbocycles. The minimum absolute atomic E-state index is 0.0287. The van der Waals surface area contributed by atoms with Gasteiger partial charge in [0.15, 0.2) is 0 Å². The van der Waals surface area contributed by atoms with Crippen molar-refractivity contribution in [3.63, 3.8) is 0 Å². The third-order valence-corrected chi connectivity index (χ3v) is 4.58. The van der Waals surface area contributed by atoms with Gasteiger partial charge in [0.1, 0.15) is 0 Å². The van der Waals surface area contributed by atoms with Crippen LogP contribution in [0, 0.1) is 0 Å². The third-order valence-electron chi connectivity index (χ3n) is 4.58. The molecule has 4 heteroatoms. The average Bonchev–Trinajstić information content (AvgIpc) is 2.67. The molecular weight excluding hydrogens is 324 g/mol. The Kier molecular flexibility index (Phi) is 6.20. The number of hydrogen-bond acceptors (Lipinski definition) is 2. The summed E-state index contributed by atoms with van der Waals surface area (Å²) in [5, 5.41) is 5.85. The van der Waals surface area contributed by atoms with Crippen molar-refractivity contribution < 1.29 is 9.59 Å². The minimum atomic E-state index is -0.190. The fourth-order valence-electron chi connectivity index (χ4n) is 3.26. The highest BCUT2D eigenvalue weighted by Gasteiger charge is 2.20. The third kappa shape index (κ3) is 5.06. The van der Waals surface area contributed by atoms with Crippen molar-refractivity contribution >= 4 is 17.9 Å². The first kappa shape index (κ1) is 17.9. The molecule has 26 heavy (non-hydrogen) atoms. The van der Waals surface area contributed by atoms with Crippen LogP contribution in [0.4, 0.5) is 0 Å². The minimum Gasteiger partial charge on any atom is -0.352 e. The van der Waals surface area contributed by atoms with E-state index in [2.05, 4.69) is 22.8 Å². The van der Waals surface area contributed by atoms with E-state index >= 15 is 0 Å². The molecule has 0 heterocycles. The molecule has 0 bridgehead atoms. The first-order valence-corrected chi connectivity index (χ1v) is 9.10. The van der Waals surface area contributed by atoms with Crippen molar-refractivity contribution in [2.45, 2.75) is 31.7 Å². The van der Waals surface area contributed by atoms with Crippen LogP contribution < -0.4 is 10.6 Å². The summed E-state index contributed by atoms with van der Waals surface area (Å²) >= 11 is 0. The number of hydrogen-bond donors (Lipinski definition) is 2. The van der Waals surface area contributed by atoms with E-state index in [1.54, 1.807) is 6.08 Å². The largest absolute Gasteiger partial charge is 0.352 e. The van der Waals surface area contributed by atoms with Gasteiger partial charge in [0, 0.05) is 19.0 Å². The maximum Gasteiger partial charge on any atom is 0.244 e. The van der Waals surface area contributed by atoms with Crippen LogP contribution in [0.1, 0.15) is 42.0 Å². The van der Waals surface area contributed by atoms with E-state index in [-0.39, 0.29) is 24.3 Å². The maximum absolute atomic E-state index is 12.2. The van der Waals surface area contributed by atoms with Crippen LogP contribution in [0.5, 0.6) is 0 Å². The first-order valence-electron chi connectivity index (χ1n) is 9.10. The Labute approximate surface area is 154 Å². The van der Waals surface area contributed by atoms with Crippen molar-refractivity contribution in [2.24, 2.45) is 0 Å². The molecule has 2 aromatic rings. The molecule has 0 radical (unpaired) electrons. The lowest BCUT2D eigenvalue weighted by Crippen LogP contribution is -2.33. The van der Waals surface area contributed by atoms with Gasteiger partial charge in [-0.2, -0.15) is 0 Å². The van der Waals surface area contributed by atoms with Gasteiger partial charge in [-0.1, -0.05) is 54.6 Å². The van der Waals surface area contributed by atoms with Gasteiger partial charge in [-0.15, -0.1) is 0 Å². The van der Waals surface area contributed by atoms with Crippen LogP contribution in [-0.2, 0) is 16.0 Å². The number of carbonyl (C=O) groups excluding carboxylic acids is 2. The molecule has 2 amide bonds. The molecule has 0 aliphatic heterocycles. The zero-order valence-corrected chi connectivity index (χ0v) is 14.8. The van der Waals surface area contributed by atoms with Gasteiger partial charge in [0.05, 0.1) is 6.04 Å². The highest BCUT2D eigenvalue weighted by atomic mass is 16.2. The molecule has 0 unspecified atom stereocenters. The Morgan fingerprint density at radius 2 is 1.81 bits per heavy atom. The van der Waals surface area contributed by atoms with Crippen molar-refractivity contribution in [3.05, 3.63) is 77.4 Å². The van der Waals surface area contributed by atoms with Crippen LogP contribution in [0.25, 0.3) is 6.08 Å². The Morgan fingerprint density at radius 3 is 2.65 bits per heavy atom. The fourth-order valence-corrected chi connectivity index (χ4v) is 3.26. The Hall–Kier alpha value is -2.88. The zero-order chi connectivity index (χ0) is 18.2. The zero-order valence-electron chi connectivity index (χ0n) is 14.8. The molecule has 0 fully saturated rings. The Bertz CT molecular complexity index is 784. The Balaban J connectivity index is 1.42. The van der Waals surface area contributed by atoms with Crippen LogP contribution in [0.2, 0.25) is 0 Å². The number of rotatable bonds is 6. The second-order valence-corrected chi connectivity index (χ2v) is 6.50. The van der Waals surface area contributed by atoms with Crippen LogP contribution in [0.15, 0.2) is 60.7 Å². The van der Waals surface area contributed by atoms with E-state index in [4.69, 9.17) is 0 Å². The second-order valence-electron chi connectivity index (χ2n) is 6.50. The van der Waals surface area contributed by atoms with Crippen LogP contribution >= 0.6 is 0 Å². The predicted octanol–water partition coefficient (Wildman–Crippen LogP) is 3.40. The summed E-state index contributed by atoms with van der Waals surface area (Å²) in [6.07, 6.45) is 6.66. The molecule has 0 saturated carbocycles. The van der Waals surface area contributed by atoms with Gasteiger partial charge < -0.3 is 10.6 Å². The Morgan fingerprint density at radius 1 is 1.04 bits per heavy atom. The molecule has 0 saturated heterocycles. The van der Waals surface area contributed by atoms with Crippen molar-refractivity contribution in [3.8, 4) is 0 Å². The van der Waals surface area contributed by atoms with Gasteiger partial charge in [0.2, 0.25) is 11.8 Å². The maximum atomic E-state index is 12.2. The lowest BCUT2D eigenvalue weighted by atomic mass is 9.88. The summed E-state index contributed by atoms with van der Waals surface area (Å²) in [5.41, 5.74) is 3.52. The van der Waals surface area contributed by atoms with Crippen molar-refractivity contribution in [2.75, 3.05) is 6.54 Å². The topological polar surface area (TPSA) is 58.2 Å². The number of fused-ring (bicyclic) bond motifs is 1. The summed E-state index contributed by atoms with van der Waals surface area (Å²) in [4.78, 5) is 24.0. The predicted molar refractivity (Wildman–Crippen MR) is 103 cm³/mol. The molecule has 0 spiro atoms. The van der Waals surface area contributed by atoms with Gasteiger partial charge in [-0.25, -0.2) is 0 Å². The van der Waals surface area contributed by atoms with Crippen molar-refractivity contribution in [1.82, 2.24) is 10.6 Å². The molecule has 4 nitrogen and oxygen atoms in total. The number of nitrogens with one attached hydrogen (secondary N) is 2. The molecule has 1 aliphatic rings. The lowest BCUT2D eigenvalue weighted by Gasteiger charge is -2.26. The van der Waals surface area contributed by atoms with E-state index < -0.39 is 0 Å². The highest BCUT2D eigenvalue weighted by Crippen LogP contribution is 2.29. The quantitative estimate of drug-likeness (QED) is 0.786. The van der Waals surface area contributed by atoms with E-state index in [1.165, 1.54) is 17.2 Å². The molecule has 3 rings (SSSR count). The molecule has 1 atom stereocenters. The van der Waals surface area contributed by atoms with Gasteiger partial charge in [-0.3, -0.25) is 9.59 Å². The summed E-state index contributed by atoms with van der Waals surface area (Å²) < 4.78 is 0. The number of amides is 2. The first-order chi connectivity index (χ1) is 12.7.